The van der Waals surface area contributed by atoms with Crippen LogP contribution in [-0.2, 0) is 4.84 Å². The van der Waals surface area contributed by atoms with E-state index >= 15 is 0 Å². The number of aromatic nitrogens is 2. The second-order valence-corrected chi connectivity index (χ2v) is 11.1. The predicted molar refractivity (Wildman–Crippen MR) is 163 cm³/mol. The van der Waals surface area contributed by atoms with Gasteiger partial charge in [0.25, 0.3) is 0 Å². The number of ether oxygens (including phenoxy) is 1. The van der Waals surface area contributed by atoms with Crippen LogP contribution in [0.2, 0.25) is 0 Å². The molecule has 9 nitrogen and oxygen atoms in total. The maximum atomic E-state index is 5.99. The molecule has 0 saturated carbocycles. The first-order valence-corrected chi connectivity index (χ1v) is 14.5. The molecule has 3 aliphatic rings. The molecule has 3 aliphatic heterocycles. The Hall–Kier alpha value is -3.84. The topological polar surface area (TPSA) is 69.2 Å². The lowest BCUT2D eigenvalue weighted by Gasteiger charge is -2.42. The highest BCUT2D eigenvalue weighted by atomic mass is 16.7. The van der Waals surface area contributed by atoms with Gasteiger partial charge in [0.15, 0.2) is 5.82 Å². The van der Waals surface area contributed by atoms with Crippen LogP contribution < -0.4 is 20.0 Å². The van der Waals surface area contributed by atoms with E-state index in [4.69, 9.17) is 16.0 Å². The molecule has 6 rings (SSSR count). The summed E-state index contributed by atoms with van der Waals surface area (Å²) in [5, 5.41) is 5.29. The van der Waals surface area contributed by atoms with Crippen molar-refractivity contribution in [3.05, 3.63) is 66.0 Å². The Labute approximate surface area is 243 Å². The monoisotopic (exact) mass is 553 g/mol. The van der Waals surface area contributed by atoms with Crippen LogP contribution in [-0.4, -0.2) is 85.8 Å². The third kappa shape index (κ3) is 6.10. The second-order valence-electron chi connectivity index (χ2n) is 11.1. The van der Waals surface area contributed by atoms with Gasteiger partial charge in [-0.3, -0.25) is 9.74 Å². The molecule has 1 unspecified atom stereocenters. The molecule has 9 heteroatoms. The Morgan fingerprint density at radius 3 is 2.59 bits per heavy atom. The number of likely N-dealkylation sites (N-methyl/N-ethyl adjacent to an activating group) is 1. The zero-order chi connectivity index (χ0) is 28.2. The SMILES string of the molecule is C#Cc1cccc(C2CCON2c2cc(Nc3ccc(N4CCC(N5CCN(C)CC5)CC4)cc3OC)ncn2)c1. The van der Waals surface area contributed by atoms with E-state index in [-0.39, 0.29) is 6.04 Å². The van der Waals surface area contributed by atoms with E-state index in [1.165, 1.54) is 44.7 Å². The molecule has 0 bridgehead atoms. The summed E-state index contributed by atoms with van der Waals surface area (Å²) in [6, 6.07) is 17.0. The van der Waals surface area contributed by atoms with Crippen molar-refractivity contribution in [3.63, 3.8) is 0 Å². The fraction of sp³-hybridized carbons (Fsp3) is 0.438. The number of hydroxylamine groups is 1. The van der Waals surface area contributed by atoms with Crippen LogP contribution >= 0.6 is 0 Å². The molecule has 3 saturated heterocycles. The number of hydrogen-bond donors (Lipinski definition) is 1. The number of benzene rings is 2. The highest BCUT2D eigenvalue weighted by Crippen LogP contribution is 2.37. The van der Waals surface area contributed by atoms with Crippen molar-refractivity contribution in [2.24, 2.45) is 0 Å². The van der Waals surface area contributed by atoms with Gasteiger partial charge in [-0.2, -0.15) is 0 Å². The van der Waals surface area contributed by atoms with E-state index in [1.54, 1.807) is 13.4 Å². The Morgan fingerprint density at radius 1 is 0.976 bits per heavy atom. The number of nitrogens with zero attached hydrogens (tertiary/aromatic N) is 6. The molecule has 41 heavy (non-hydrogen) atoms. The fourth-order valence-electron chi connectivity index (χ4n) is 6.16. The van der Waals surface area contributed by atoms with Crippen molar-refractivity contribution in [1.29, 1.82) is 0 Å². The van der Waals surface area contributed by atoms with E-state index in [0.717, 1.165) is 42.1 Å². The Kier molecular flexibility index (Phi) is 8.23. The Morgan fingerprint density at radius 2 is 1.80 bits per heavy atom. The quantitative estimate of drug-likeness (QED) is 0.431. The first-order chi connectivity index (χ1) is 20.1. The van der Waals surface area contributed by atoms with Crippen LogP contribution in [0.25, 0.3) is 0 Å². The number of nitrogens with one attached hydrogen (secondary N) is 1. The Balaban J connectivity index is 1.12. The molecule has 0 spiro atoms. The molecular formula is C32H39N7O2. The smallest absolute Gasteiger partial charge is 0.158 e. The average Bonchev–Trinajstić information content (AvgIpc) is 3.52. The van der Waals surface area contributed by atoms with E-state index < -0.39 is 0 Å². The molecule has 1 N–H and O–H groups in total. The van der Waals surface area contributed by atoms with Gasteiger partial charge in [-0.1, -0.05) is 18.1 Å². The van der Waals surface area contributed by atoms with E-state index in [2.05, 4.69) is 67.2 Å². The third-order valence-electron chi connectivity index (χ3n) is 8.55. The van der Waals surface area contributed by atoms with Gasteiger partial charge in [0, 0.05) is 75.1 Å². The fourth-order valence-corrected chi connectivity index (χ4v) is 6.16. The summed E-state index contributed by atoms with van der Waals surface area (Å²) in [5.74, 6) is 4.86. The highest BCUT2D eigenvalue weighted by Gasteiger charge is 2.30. The van der Waals surface area contributed by atoms with Crippen LogP contribution in [0.5, 0.6) is 5.75 Å². The largest absolute Gasteiger partial charge is 0.494 e. The van der Waals surface area contributed by atoms with Gasteiger partial charge in [0.1, 0.15) is 17.9 Å². The van der Waals surface area contributed by atoms with Gasteiger partial charge in [-0.15, -0.1) is 6.42 Å². The normalized spacial score (nSPS) is 20.7. The van der Waals surface area contributed by atoms with Crippen LogP contribution in [0.15, 0.2) is 54.9 Å². The van der Waals surface area contributed by atoms with Crippen LogP contribution in [0, 0.1) is 12.3 Å². The maximum absolute atomic E-state index is 5.99. The molecule has 4 heterocycles. The van der Waals surface area contributed by atoms with Crippen LogP contribution in [0.4, 0.5) is 23.0 Å². The van der Waals surface area contributed by atoms with Crippen molar-refractivity contribution < 1.29 is 9.57 Å². The molecule has 0 radical (unpaired) electrons. The number of anilines is 4. The number of hydrogen-bond acceptors (Lipinski definition) is 9. The summed E-state index contributed by atoms with van der Waals surface area (Å²) in [5.41, 5.74) is 4.01. The van der Waals surface area contributed by atoms with Crippen molar-refractivity contribution in [3.8, 4) is 18.1 Å². The first kappa shape index (κ1) is 27.3. The molecule has 3 fully saturated rings. The van der Waals surface area contributed by atoms with E-state index in [0.29, 0.717) is 24.3 Å². The summed E-state index contributed by atoms with van der Waals surface area (Å²) in [6.07, 6.45) is 10.4. The van der Waals surface area contributed by atoms with Crippen molar-refractivity contribution in [1.82, 2.24) is 19.8 Å². The second kappa shape index (κ2) is 12.4. The van der Waals surface area contributed by atoms with Gasteiger partial charge in [0.05, 0.1) is 25.4 Å². The summed E-state index contributed by atoms with van der Waals surface area (Å²) in [4.78, 5) is 22.6. The molecule has 214 valence electrons. The van der Waals surface area contributed by atoms with E-state index in [1.807, 2.05) is 29.3 Å². The third-order valence-corrected chi connectivity index (χ3v) is 8.55. The number of piperidine rings is 1. The number of rotatable bonds is 7. The lowest BCUT2D eigenvalue weighted by atomic mass is 10.0. The summed E-state index contributed by atoms with van der Waals surface area (Å²) in [6.45, 7) is 7.44. The maximum Gasteiger partial charge on any atom is 0.158 e. The molecule has 3 aromatic rings. The number of methoxy groups -OCH3 is 1. The lowest BCUT2D eigenvalue weighted by molar-refractivity contribution is 0.0982. The summed E-state index contributed by atoms with van der Waals surface area (Å²) < 4.78 is 5.81. The molecule has 0 aliphatic carbocycles. The van der Waals surface area contributed by atoms with Crippen molar-refractivity contribution in [2.75, 3.05) is 75.3 Å². The zero-order valence-corrected chi connectivity index (χ0v) is 24.0. The van der Waals surface area contributed by atoms with Gasteiger partial charge in [-0.05, 0) is 49.7 Å². The lowest BCUT2D eigenvalue weighted by Crippen LogP contribution is -2.52. The van der Waals surface area contributed by atoms with Gasteiger partial charge in [-0.25, -0.2) is 15.0 Å². The predicted octanol–water partition coefficient (Wildman–Crippen LogP) is 4.31. The molecule has 1 aromatic heterocycles. The van der Waals surface area contributed by atoms with Gasteiger partial charge in [0.2, 0.25) is 0 Å². The Bertz CT molecular complexity index is 1380. The minimum absolute atomic E-state index is 0.0280. The average molecular weight is 554 g/mol. The number of terminal acetylenes is 1. The van der Waals surface area contributed by atoms with Crippen LogP contribution in [0.3, 0.4) is 0 Å². The van der Waals surface area contributed by atoms with Crippen LogP contribution in [0.1, 0.15) is 36.4 Å². The summed E-state index contributed by atoms with van der Waals surface area (Å²) >= 11 is 0. The standard InChI is InChI=1S/C32H39N7O2/c1-4-24-6-5-7-25(20-24)29-12-19-41-39(29)32-22-31(33-23-34-32)35-28-9-8-27(21-30(28)40-3)37-13-10-26(11-14-37)38-17-15-36(2)16-18-38/h1,5-9,20-23,26,29H,10-19H2,2-3H3,(H,33,34,35). The minimum atomic E-state index is 0.0280. The molecule has 1 atom stereocenters. The zero-order valence-electron chi connectivity index (χ0n) is 24.0. The molecule has 0 amide bonds. The summed E-state index contributed by atoms with van der Waals surface area (Å²) in [7, 11) is 3.93. The minimum Gasteiger partial charge on any atom is -0.494 e. The molecule has 2 aromatic carbocycles. The highest BCUT2D eigenvalue weighted by molar-refractivity contribution is 5.70. The van der Waals surface area contributed by atoms with Gasteiger partial charge < -0.3 is 19.9 Å². The van der Waals surface area contributed by atoms with E-state index in [9.17, 15) is 0 Å². The number of piperazine rings is 1. The molecular weight excluding hydrogens is 514 g/mol. The van der Waals surface area contributed by atoms with Gasteiger partial charge >= 0.3 is 0 Å². The van der Waals surface area contributed by atoms with Crippen molar-refractivity contribution >= 4 is 23.0 Å². The van der Waals surface area contributed by atoms with Crippen molar-refractivity contribution in [2.45, 2.75) is 31.3 Å². The first-order valence-electron chi connectivity index (χ1n) is 14.5.